The van der Waals surface area contributed by atoms with Crippen molar-refractivity contribution in [3.8, 4) is 17.2 Å². The summed E-state index contributed by atoms with van der Waals surface area (Å²) in [7, 11) is 0. The van der Waals surface area contributed by atoms with Crippen molar-refractivity contribution in [1.29, 1.82) is 0 Å². The van der Waals surface area contributed by atoms with Gasteiger partial charge in [-0.3, -0.25) is 9.78 Å². The third-order valence-corrected chi connectivity index (χ3v) is 3.64. The number of pyridine rings is 1. The first-order valence-electron chi connectivity index (χ1n) is 6.84. The number of carbonyl (C=O) groups excluding carboxylic acids is 1. The lowest BCUT2D eigenvalue weighted by molar-refractivity contribution is 0.103. The first kappa shape index (κ1) is 13.5. The summed E-state index contributed by atoms with van der Waals surface area (Å²) in [5.74, 6) is -0.191. The Labute approximate surface area is 129 Å². The zero-order valence-corrected chi connectivity index (χ0v) is 11.7. The number of ether oxygens (including phenoxy) is 2. The topological polar surface area (TPSA) is 68.7 Å². The van der Waals surface area contributed by atoms with Crippen LogP contribution in [0.2, 0.25) is 0 Å². The van der Waals surface area contributed by atoms with Crippen LogP contribution in [-0.2, 0) is 0 Å². The van der Waals surface area contributed by atoms with E-state index in [0.29, 0.717) is 22.4 Å². The Bertz CT molecular complexity index is 955. The van der Waals surface area contributed by atoms with Gasteiger partial charge in [0, 0.05) is 23.2 Å². The van der Waals surface area contributed by atoms with Crippen molar-refractivity contribution in [1.82, 2.24) is 4.98 Å². The molecule has 1 aliphatic rings. The van der Waals surface area contributed by atoms with Gasteiger partial charge in [-0.1, -0.05) is 0 Å². The van der Waals surface area contributed by atoms with Gasteiger partial charge in [0.15, 0.2) is 17.3 Å². The summed E-state index contributed by atoms with van der Waals surface area (Å²) in [6.07, 6.45) is 1.39. The summed E-state index contributed by atoms with van der Waals surface area (Å²) in [6, 6.07) is 8.32. The minimum absolute atomic E-state index is 0.105. The number of aromatic hydroxyl groups is 1. The molecule has 114 valence electrons. The molecule has 1 N–H and O–H groups in total. The molecular formula is C17H10FNO4. The van der Waals surface area contributed by atoms with Gasteiger partial charge in [0.25, 0.3) is 0 Å². The number of hydrogen-bond acceptors (Lipinski definition) is 5. The van der Waals surface area contributed by atoms with Crippen LogP contribution in [0.25, 0.3) is 10.9 Å². The van der Waals surface area contributed by atoms with Crippen molar-refractivity contribution in [3.63, 3.8) is 0 Å². The summed E-state index contributed by atoms with van der Waals surface area (Å²) >= 11 is 0. The van der Waals surface area contributed by atoms with E-state index in [2.05, 4.69) is 4.98 Å². The number of nitrogens with zero attached hydrogens (tertiary/aromatic N) is 1. The fourth-order valence-electron chi connectivity index (χ4n) is 2.49. The summed E-state index contributed by atoms with van der Waals surface area (Å²) in [6.45, 7) is 0.147. The smallest absolute Gasteiger partial charge is 0.231 e. The minimum Gasteiger partial charge on any atom is -0.507 e. The molecule has 23 heavy (non-hydrogen) atoms. The number of ketones is 1. The quantitative estimate of drug-likeness (QED) is 0.737. The minimum atomic E-state index is -0.594. The maximum atomic E-state index is 13.3. The molecule has 0 atom stereocenters. The first-order valence-corrected chi connectivity index (χ1v) is 6.84. The second-order valence-electron chi connectivity index (χ2n) is 5.11. The maximum absolute atomic E-state index is 13.3. The van der Waals surface area contributed by atoms with Crippen LogP contribution in [0.15, 0.2) is 42.6 Å². The zero-order valence-electron chi connectivity index (χ0n) is 11.7. The number of rotatable bonds is 2. The number of halogens is 1. The third kappa shape index (κ3) is 2.24. The van der Waals surface area contributed by atoms with E-state index in [-0.39, 0.29) is 23.7 Å². The van der Waals surface area contributed by atoms with Gasteiger partial charge in [-0.25, -0.2) is 4.39 Å². The molecule has 0 aliphatic carbocycles. The molecule has 2 heterocycles. The molecule has 0 fully saturated rings. The van der Waals surface area contributed by atoms with Gasteiger partial charge >= 0.3 is 0 Å². The molecule has 0 radical (unpaired) electrons. The summed E-state index contributed by atoms with van der Waals surface area (Å²) in [5.41, 5.74) is 0.790. The van der Waals surface area contributed by atoms with Crippen molar-refractivity contribution in [2.24, 2.45) is 0 Å². The Balaban J connectivity index is 1.81. The summed E-state index contributed by atoms with van der Waals surface area (Å²) in [5, 5.41) is 10.5. The highest BCUT2D eigenvalue weighted by atomic mass is 19.1. The van der Waals surface area contributed by atoms with E-state index in [1.807, 2.05) is 0 Å². The number of fused-ring (bicyclic) bond motifs is 2. The molecular weight excluding hydrogens is 301 g/mol. The van der Waals surface area contributed by atoms with Crippen LogP contribution < -0.4 is 9.47 Å². The Morgan fingerprint density at radius 1 is 1.13 bits per heavy atom. The molecule has 5 nitrogen and oxygen atoms in total. The van der Waals surface area contributed by atoms with E-state index >= 15 is 0 Å². The predicted molar refractivity (Wildman–Crippen MR) is 79.4 cm³/mol. The molecule has 0 unspecified atom stereocenters. The first-order chi connectivity index (χ1) is 11.1. The van der Waals surface area contributed by atoms with Crippen molar-refractivity contribution in [2.75, 3.05) is 6.79 Å². The second kappa shape index (κ2) is 4.95. The lowest BCUT2D eigenvalue weighted by Crippen LogP contribution is -2.03. The van der Waals surface area contributed by atoms with Gasteiger partial charge in [0.1, 0.15) is 11.6 Å². The average molecular weight is 311 g/mol. The lowest BCUT2D eigenvalue weighted by Gasteiger charge is -2.06. The van der Waals surface area contributed by atoms with Crippen molar-refractivity contribution in [2.45, 2.75) is 0 Å². The van der Waals surface area contributed by atoms with Gasteiger partial charge in [0.2, 0.25) is 6.79 Å². The number of aromatic nitrogens is 1. The van der Waals surface area contributed by atoms with Gasteiger partial charge in [0.05, 0.1) is 11.1 Å². The number of phenolic OH excluding ortho intramolecular Hbond substituents is 1. The summed E-state index contributed by atoms with van der Waals surface area (Å²) < 4.78 is 23.9. The van der Waals surface area contributed by atoms with Crippen LogP contribution >= 0.6 is 0 Å². The molecule has 1 aliphatic heterocycles. The molecule has 3 aromatic rings. The van der Waals surface area contributed by atoms with Crippen molar-refractivity contribution in [3.05, 3.63) is 59.5 Å². The van der Waals surface area contributed by atoms with Crippen LogP contribution in [0.3, 0.4) is 0 Å². The average Bonchev–Trinajstić information content (AvgIpc) is 3.01. The number of carbonyl (C=O) groups is 1. The van der Waals surface area contributed by atoms with E-state index in [1.165, 1.54) is 6.20 Å². The molecule has 0 saturated carbocycles. The number of benzene rings is 2. The van der Waals surface area contributed by atoms with Crippen LogP contribution in [-0.4, -0.2) is 22.7 Å². The highest BCUT2D eigenvalue weighted by Crippen LogP contribution is 2.35. The van der Waals surface area contributed by atoms with Crippen LogP contribution in [0.1, 0.15) is 15.9 Å². The van der Waals surface area contributed by atoms with Crippen LogP contribution in [0, 0.1) is 5.82 Å². The third-order valence-electron chi connectivity index (χ3n) is 3.64. The Morgan fingerprint density at radius 2 is 1.91 bits per heavy atom. The second-order valence-corrected chi connectivity index (χ2v) is 5.11. The molecule has 0 saturated heterocycles. The Kier molecular flexibility index (Phi) is 2.90. The van der Waals surface area contributed by atoms with Gasteiger partial charge in [-0.05, 0) is 30.3 Å². The van der Waals surface area contributed by atoms with Crippen LogP contribution in [0.4, 0.5) is 4.39 Å². The lowest BCUT2D eigenvalue weighted by atomic mass is 10.0. The maximum Gasteiger partial charge on any atom is 0.231 e. The van der Waals surface area contributed by atoms with Gasteiger partial charge < -0.3 is 14.6 Å². The monoisotopic (exact) mass is 311 g/mol. The Hall–Kier alpha value is -3.15. The van der Waals surface area contributed by atoms with Gasteiger partial charge in [-0.2, -0.15) is 0 Å². The van der Waals surface area contributed by atoms with E-state index < -0.39 is 11.6 Å². The predicted octanol–water partition coefficient (Wildman–Crippen LogP) is 3.04. The largest absolute Gasteiger partial charge is 0.507 e. The molecule has 4 rings (SSSR count). The highest BCUT2D eigenvalue weighted by molar-refractivity contribution is 6.11. The van der Waals surface area contributed by atoms with E-state index in [0.717, 1.165) is 18.2 Å². The fraction of sp³-hybridized carbons (Fsp3) is 0.0588. The van der Waals surface area contributed by atoms with Crippen LogP contribution in [0.5, 0.6) is 17.2 Å². The molecule has 1 aromatic heterocycles. The molecule has 0 spiro atoms. The molecule has 0 amide bonds. The molecule has 2 aromatic carbocycles. The van der Waals surface area contributed by atoms with Crippen molar-refractivity contribution < 1.29 is 23.8 Å². The Morgan fingerprint density at radius 3 is 2.74 bits per heavy atom. The number of phenols is 1. The SMILES string of the molecule is O=C(c1cnc2cc3c(cc2c1)OCO3)c1cc(F)ccc1O. The molecule has 6 heteroatoms. The normalized spacial score (nSPS) is 12.6. The standard InChI is InChI=1S/C17H10FNO4/c18-11-1-2-14(20)12(5-11)17(21)10-3-9-4-15-16(23-8-22-15)6-13(9)19-7-10/h1-7,20H,8H2. The van der Waals surface area contributed by atoms with E-state index in [1.54, 1.807) is 18.2 Å². The summed E-state index contributed by atoms with van der Waals surface area (Å²) in [4.78, 5) is 16.7. The number of hydrogen-bond donors (Lipinski definition) is 1. The highest BCUT2D eigenvalue weighted by Gasteiger charge is 2.18. The van der Waals surface area contributed by atoms with Gasteiger partial charge in [-0.15, -0.1) is 0 Å². The van der Waals surface area contributed by atoms with E-state index in [4.69, 9.17) is 9.47 Å². The fourth-order valence-corrected chi connectivity index (χ4v) is 2.49. The van der Waals surface area contributed by atoms with Crippen molar-refractivity contribution >= 4 is 16.7 Å². The van der Waals surface area contributed by atoms with E-state index in [9.17, 15) is 14.3 Å². The molecule has 0 bridgehead atoms. The zero-order chi connectivity index (χ0) is 16.0.